The molecule has 1 heterocycles. The van der Waals surface area contributed by atoms with Gasteiger partial charge in [0, 0.05) is 31.5 Å². The van der Waals surface area contributed by atoms with Crippen molar-refractivity contribution in [3.8, 4) is 0 Å². The second-order valence-electron chi connectivity index (χ2n) is 3.58. The molecule has 0 aliphatic rings. The number of hydrogen-bond donors (Lipinski definition) is 1. The summed E-state index contributed by atoms with van der Waals surface area (Å²) in [6, 6.07) is 3.90. The number of rotatable bonds is 4. The maximum absolute atomic E-state index is 11.1. The van der Waals surface area contributed by atoms with Crippen LogP contribution in [-0.4, -0.2) is 31.5 Å². The molecule has 16 heavy (non-hydrogen) atoms. The summed E-state index contributed by atoms with van der Waals surface area (Å²) in [5, 5.41) is 2.60. The van der Waals surface area contributed by atoms with Crippen molar-refractivity contribution in [1.29, 1.82) is 0 Å². The maximum Gasteiger partial charge on any atom is 0.221 e. The maximum atomic E-state index is 11.1. The number of carbonyl (C=O) groups is 1. The van der Waals surface area contributed by atoms with Gasteiger partial charge in [-0.15, -0.1) is 0 Å². The van der Waals surface area contributed by atoms with Gasteiger partial charge in [-0.25, -0.2) is 4.98 Å². The Morgan fingerprint density at radius 3 is 2.81 bits per heavy atom. The van der Waals surface area contributed by atoms with Crippen LogP contribution in [-0.2, 0) is 4.79 Å². The molecule has 5 heteroatoms. The Bertz CT molecular complexity index is 381. The molecule has 1 N–H and O–H groups in total. The lowest BCUT2D eigenvalue weighted by Crippen LogP contribution is -2.26. The molecule has 1 aromatic rings. The number of nitrogens with one attached hydrogen (secondary N) is 1. The van der Waals surface area contributed by atoms with Gasteiger partial charge in [0.15, 0.2) is 0 Å². The van der Waals surface area contributed by atoms with Crippen LogP contribution in [0.3, 0.4) is 0 Å². The molecule has 0 atom stereocenters. The highest BCUT2D eigenvalue weighted by Gasteiger charge is 2.06. The lowest BCUT2D eigenvalue weighted by Gasteiger charge is -2.18. The number of pyridine rings is 1. The molecule has 0 aliphatic heterocycles. The summed E-state index contributed by atoms with van der Waals surface area (Å²) < 4.78 is 0.996. The molecule has 0 fully saturated rings. The van der Waals surface area contributed by atoms with Gasteiger partial charge in [0.25, 0.3) is 0 Å². The zero-order valence-corrected chi connectivity index (χ0v) is 11.3. The predicted molar refractivity (Wildman–Crippen MR) is 68.6 cm³/mol. The number of amides is 1. The first-order chi connectivity index (χ1) is 7.54. The van der Waals surface area contributed by atoms with Crippen molar-refractivity contribution in [3.63, 3.8) is 0 Å². The van der Waals surface area contributed by atoms with Crippen molar-refractivity contribution in [2.45, 2.75) is 13.3 Å². The van der Waals surface area contributed by atoms with Crippen molar-refractivity contribution in [2.24, 2.45) is 0 Å². The molecule has 4 nitrogen and oxygen atoms in total. The molecule has 0 aliphatic carbocycles. The number of hydrogen-bond acceptors (Lipinski definition) is 3. The molecule has 1 amide bonds. The average Bonchev–Trinajstić information content (AvgIpc) is 2.29. The molecule has 88 valence electrons. The molecule has 0 bridgehead atoms. The van der Waals surface area contributed by atoms with Gasteiger partial charge < -0.3 is 10.2 Å². The van der Waals surface area contributed by atoms with Gasteiger partial charge in [0.2, 0.25) is 5.91 Å². The summed E-state index contributed by atoms with van der Waals surface area (Å²) >= 11 is 3.41. The van der Waals surface area contributed by atoms with E-state index >= 15 is 0 Å². The number of halogens is 1. The van der Waals surface area contributed by atoms with Gasteiger partial charge in [-0.3, -0.25) is 4.79 Å². The van der Waals surface area contributed by atoms with E-state index < -0.39 is 0 Å². The van der Waals surface area contributed by atoms with Gasteiger partial charge in [0.05, 0.1) is 5.69 Å². The second-order valence-corrected chi connectivity index (χ2v) is 4.44. The van der Waals surface area contributed by atoms with E-state index in [-0.39, 0.29) is 5.91 Å². The highest BCUT2D eigenvalue weighted by Crippen LogP contribution is 2.18. The zero-order valence-electron chi connectivity index (χ0n) is 9.75. The largest absolute Gasteiger partial charge is 0.359 e. The third-order valence-corrected chi connectivity index (χ3v) is 3.19. The van der Waals surface area contributed by atoms with E-state index in [9.17, 15) is 4.79 Å². The van der Waals surface area contributed by atoms with Crippen LogP contribution in [0.2, 0.25) is 0 Å². The molecule has 0 aromatic carbocycles. The minimum atomic E-state index is 0.0423. The molecular weight excluding hydrogens is 270 g/mol. The summed E-state index contributed by atoms with van der Waals surface area (Å²) in [6.45, 7) is 2.61. The van der Waals surface area contributed by atoms with Crippen LogP contribution in [0.15, 0.2) is 16.6 Å². The van der Waals surface area contributed by atoms with E-state index in [1.165, 1.54) is 0 Å². The summed E-state index contributed by atoms with van der Waals surface area (Å²) in [5.41, 5.74) is 0.948. The SMILES string of the molecule is CNC(=O)CCN(C)c1ccc(Br)c(C)n1. The van der Waals surface area contributed by atoms with E-state index in [0.717, 1.165) is 16.0 Å². The van der Waals surface area contributed by atoms with Crippen LogP contribution in [0, 0.1) is 6.92 Å². The molecule has 0 unspecified atom stereocenters. The first-order valence-corrected chi connectivity index (χ1v) is 5.88. The number of anilines is 1. The Kier molecular flexibility index (Phi) is 4.73. The van der Waals surface area contributed by atoms with Crippen molar-refractivity contribution in [3.05, 3.63) is 22.3 Å². The smallest absolute Gasteiger partial charge is 0.221 e. The van der Waals surface area contributed by atoms with E-state index in [1.807, 2.05) is 31.0 Å². The highest BCUT2D eigenvalue weighted by molar-refractivity contribution is 9.10. The predicted octanol–water partition coefficient (Wildman–Crippen LogP) is 1.72. The standard InChI is InChI=1S/C11H16BrN3O/c1-8-9(12)4-5-10(14-8)15(3)7-6-11(16)13-2/h4-5H,6-7H2,1-3H3,(H,13,16). The van der Waals surface area contributed by atoms with Gasteiger partial charge in [-0.05, 0) is 35.0 Å². The van der Waals surface area contributed by atoms with Crippen molar-refractivity contribution < 1.29 is 4.79 Å². The van der Waals surface area contributed by atoms with E-state index in [1.54, 1.807) is 7.05 Å². The van der Waals surface area contributed by atoms with E-state index in [2.05, 4.69) is 26.2 Å². The van der Waals surface area contributed by atoms with E-state index in [4.69, 9.17) is 0 Å². The van der Waals surface area contributed by atoms with Crippen molar-refractivity contribution >= 4 is 27.7 Å². The minimum Gasteiger partial charge on any atom is -0.359 e. The monoisotopic (exact) mass is 285 g/mol. The molecule has 0 saturated heterocycles. The molecule has 0 saturated carbocycles. The Labute approximate surface area is 104 Å². The summed E-state index contributed by atoms with van der Waals surface area (Å²) in [6.07, 6.45) is 0.476. The van der Waals surface area contributed by atoms with Crippen LogP contribution >= 0.6 is 15.9 Å². The second kappa shape index (κ2) is 5.84. The topological polar surface area (TPSA) is 45.2 Å². The quantitative estimate of drug-likeness (QED) is 0.916. The Morgan fingerprint density at radius 1 is 1.56 bits per heavy atom. The number of aryl methyl sites for hydroxylation is 1. The molecule has 1 rings (SSSR count). The summed E-state index contributed by atoms with van der Waals surface area (Å²) in [5.74, 6) is 0.922. The summed E-state index contributed by atoms with van der Waals surface area (Å²) in [7, 11) is 3.57. The van der Waals surface area contributed by atoms with Crippen LogP contribution in [0.1, 0.15) is 12.1 Å². The molecule has 1 aromatic heterocycles. The third kappa shape index (κ3) is 3.48. The van der Waals surface area contributed by atoms with Gasteiger partial charge in [-0.2, -0.15) is 0 Å². The van der Waals surface area contributed by atoms with Crippen LogP contribution in [0.4, 0.5) is 5.82 Å². The van der Waals surface area contributed by atoms with Crippen LogP contribution in [0.25, 0.3) is 0 Å². The van der Waals surface area contributed by atoms with Gasteiger partial charge in [-0.1, -0.05) is 0 Å². The molecular formula is C11H16BrN3O. The third-order valence-electron chi connectivity index (χ3n) is 2.35. The fourth-order valence-corrected chi connectivity index (χ4v) is 1.47. The molecule has 0 spiro atoms. The highest BCUT2D eigenvalue weighted by atomic mass is 79.9. The normalized spacial score (nSPS) is 10.0. The Hall–Kier alpha value is -1.10. The Balaban J connectivity index is 2.62. The summed E-state index contributed by atoms with van der Waals surface area (Å²) in [4.78, 5) is 17.5. The Morgan fingerprint density at radius 2 is 2.25 bits per heavy atom. The zero-order chi connectivity index (χ0) is 12.1. The van der Waals surface area contributed by atoms with Gasteiger partial charge in [0.1, 0.15) is 5.82 Å². The molecule has 0 radical (unpaired) electrons. The van der Waals surface area contributed by atoms with Crippen molar-refractivity contribution in [2.75, 3.05) is 25.5 Å². The fraction of sp³-hybridized carbons (Fsp3) is 0.455. The van der Waals surface area contributed by atoms with Gasteiger partial charge >= 0.3 is 0 Å². The van der Waals surface area contributed by atoms with Crippen LogP contribution in [0.5, 0.6) is 0 Å². The number of carbonyl (C=O) groups excluding carboxylic acids is 1. The minimum absolute atomic E-state index is 0.0423. The average molecular weight is 286 g/mol. The van der Waals surface area contributed by atoms with Crippen LogP contribution < -0.4 is 10.2 Å². The number of aromatic nitrogens is 1. The fourth-order valence-electron chi connectivity index (χ4n) is 1.25. The first-order valence-electron chi connectivity index (χ1n) is 5.09. The lowest BCUT2D eigenvalue weighted by atomic mass is 10.3. The van der Waals surface area contributed by atoms with Crippen molar-refractivity contribution in [1.82, 2.24) is 10.3 Å². The first kappa shape index (κ1) is 13.0. The lowest BCUT2D eigenvalue weighted by molar-refractivity contribution is -0.120. The van der Waals surface area contributed by atoms with E-state index in [0.29, 0.717) is 13.0 Å². The number of nitrogens with zero attached hydrogens (tertiary/aromatic N) is 2.